The number of nitrogens with one attached hydrogen (secondary N) is 1. The minimum absolute atomic E-state index is 0.256. The molecule has 4 heterocycles. The summed E-state index contributed by atoms with van der Waals surface area (Å²) in [4.78, 5) is 21.5. The Balaban J connectivity index is 1.28. The topological polar surface area (TPSA) is 104 Å². The second-order valence-corrected chi connectivity index (χ2v) is 6.98. The molecule has 0 aliphatic carbocycles. The van der Waals surface area contributed by atoms with E-state index < -0.39 is 0 Å². The van der Waals surface area contributed by atoms with Crippen molar-refractivity contribution in [3.8, 4) is 28.9 Å². The first-order chi connectivity index (χ1) is 15.2. The maximum Gasteiger partial charge on any atom is 0.254 e. The van der Waals surface area contributed by atoms with E-state index in [2.05, 4.69) is 20.4 Å². The van der Waals surface area contributed by atoms with Crippen LogP contribution in [0.5, 0.6) is 11.5 Å². The largest absolute Gasteiger partial charge is 0.486 e. The van der Waals surface area contributed by atoms with Gasteiger partial charge in [0.05, 0.1) is 30.3 Å². The average Bonchev–Trinajstić information content (AvgIpc) is 3.48. The van der Waals surface area contributed by atoms with E-state index in [9.17, 15) is 4.79 Å². The molecule has 1 amide bonds. The van der Waals surface area contributed by atoms with Crippen LogP contribution in [0.3, 0.4) is 0 Å². The summed E-state index contributed by atoms with van der Waals surface area (Å²) in [6, 6.07) is 12.8. The molecule has 9 heteroatoms. The molecule has 1 aliphatic rings. The molecule has 0 fully saturated rings. The summed E-state index contributed by atoms with van der Waals surface area (Å²) in [6.45, 7) is 2.46. The first-order valence-corrected chi connectivity index (χ1v) is 9.77. The smallest absolute Gasteiger partial charge is 0.254 e. The predicted molar refractivity (Wildman–Crippen MR) is 110 cm³/mol. The first kappa shape index (κ1) is 18.9. The zero-order valence-corrected chi connectivity index (χ0v) is 16.7. The van der Waals surface area contributed by atoms with Crippen molar-refractivity contribution < 1.29 is 18.7 Å². The minimum Gasteiger partial charge on any atom is -0.486 e. The van der Waals surface area contributed by atoms with Crippen molar-refractivity contribution in [3.63, 3.8) is 0 Å². The van der Waals surface area contributed by atoms with Crippen LogP contribution in [0.2, 0.25) is 0 Å². The molecule has 1 atom stereocenters. The lowest BCUT2D eigenvalue weighted by atomic mass is 10.2. The Kier molecular flexibility index (Phi) is 4.83. The van der Waals surface area contributed by atoms with Gasteiger partial charge >= 0.3 is 0 Å². The number of rotatable bonds is 5. The molecular weight excluding hydrogens is 398 g/mol. The van der Waals surface area contributed by atoms with E-state index in [4.69, 9.17) is 13.9 Å². The second-order valence-electron chi connectivity index (χ2n) is 6.98. The lowest BCUT2D eigenvalue weighted by Gasteiger charge is -2.26. The van der Waals surface area contributed by atoms with Gasteiger partial charge in [0.25, 0.3) is 11.9 Å². The summed E-state index contributed by atoms with van der Waals surface area (Å²) in [5.74, 6) is 2.10. The van der Waals surface area contributed by atoms with Crippen LogP contribution in [0.4, 0.5) is 0 Å². The molecule has 0 bridgehead atoms. The zero-order valence-electron chi connectivity index (χ0n) is 16.7. The molecule has 4 aromatic rings. The number of fused-ring (bicyclic) bond motifs is 1. The van der Waals surface area contributed by atoms with Gasteiger partial charge in [-0.25, -0.2) is 14.6 Å². The summed E-state index contributed by atoms with van der Waals surface area (Å²) in [7, 11) is 0. The van der Waals surface area contributed by atoms with Crippen molar-refractivity contribution in [3.05, 3.63) is 72.4 Å². The van der Waals surface area contributed by atoms with Crippen molar-refractivity contribution in [2.45, 2.75) is 13.0 Å². The fourth-order valence-electron chi connectivity index (χ4n) is 3.31. The lowest BCUT2D eigenvalue weighted by molar-refractivity contribution is 0.0789. The Morgan fingerprint density at radius 3 is 2.90 bits per heavy atom. The van der Waals surface area contributed by atoms with Crippen LogP contribution >= 0.6 is 0 Å². The third-order valence-corrected chi connectivity index (χ3v) is 4.92. The van der Waals surface area contributed by atoms with Gasteiger partial charge in [0.1, 0.15) is 18.4 Å². The van der Waals surface area contributed by atoms with Crippen LogP contribution in [0.25, 0.3) is 17.4 Å². The van der Waals surface area contributed by atoms with Gasteiger partial charge in [-0.1, -0.05) is 12.1 Å². The van der Waals surface area contributed by atoms with Crippen LogP contribution in [0, 0.1) is 6.92 Å². The molecule has 9 nitrogen and oxygen atoms in total. The number of hydrogen-bond donors (Lipinski definition) is 1. The summed E-state index contributed by atoms with van der Waals surface area (Å²) < 4.78 is 18.5. The van der Waals surface area contributed by atoms with Crippen LogP contribution in [-0.2, 0) is 0 Å². The standard InChI is InChI=1S/C22H19N5O4/c1-14-16(21(28)24-11-15-13-30-19-5-2-3-6-20(19)31-15)12-25-27(14)22-23-9-8-17(26-22)18-7-4-10-29-18/h2-10,12,15H,11,13H2,1H3,(H,24,28)/t15-/m1/s1. The van der Waals surface area contributed by atoms with Gasteiger partial charge in [-0.15, -0.1) is 0 Å². The first-order valence-electron chi connectivity index (χ1n) is 9.77. The molecule has 156 valence electrons. The molecular formula is C22H19N5O4. The van der Waals surface area contributed by atoms with E-state index in [1.54, 1.807) is 31.5 Å². The van der Waals surface area contributed by atoms with Crippen molar-refractivity contribution in [1.82, 2.24) is 25.1 Å². The lowest BCUT2D eigenvalue weighted by Crippen LogP contribution is -2.40. The van der Waals surface area contributed by atoms with Gasteiger partial charge < -0.3 is 19.2 Å². The number of hydrogen-bond acceptors (Lipinski definition) is 7. The highest BCUT2D eigenvalue weighted by atomic mass is 16.6. The number of amides is 1. The number of aromatic nitrogens is 4. The Labute approximate surface area is 177 Å². The van der Waals surface area contributed by atoms with Crippen molar-refractivity contribution in [2.75, 3.05) is 13.2 Å². The summed E-state index contributed by atoms with van der Waals surface area (Å²) in [5.41, 5.74) is 1.69. The maximum absolute atomic E-state index is 12.7. The second kappa shape index (κ2) is 7.94. The number of furan rings is 1. The molecule has 1 aromatic carbocycles. The highest BCUT2D eigenvalue weighted by Crippen LogP contribution is 2.30. The molecule has 0 saturated heterocycles. The fourth-order valence-corrected chi connectivity index (χ4v) is 3.31. The number of carbonyl (C=O) groups is 1. The van der Waals surface area contributed by atoms with E-state index in [1.165, 1.54) is 10.9 Å². The molecule has 1 aliphatic heterocycles. The fraction of sp³-hybridized carbons (Fsp3) is 0.182. The maximum atomic E-state index is 12.7. The van der Waals surface area contributed by atoms with Crippen LogP contribution in [0.1, 0.15) is 16.1 Å². The number of para-hydroxylation sites is 2. The Morgan fingerprint density at radius 1 is 1.19 bits per heavy atom. The average molecular weight is 417 g/mol. The normalized spacial score (nSPS) is 14.9. The molecule has 0 spiro atoms. The third-order valence-electron chi connectivity index (χ3n) is 4.92. The molecule has 1 N–H and O–H groups in total. The molecule has 31 heavy (non-hydrogen) atoms. The quantitative estimate of drug-likeness (QED) is 0.532. The van der Waals surface area contributed by atoms with Crippen LogP contribution < -0.4 is 14.8 Å². The molecule has 0 radical (unpaired) electrons. The molecule has 3 aromatic heterocycles. The van der Waals surface area contributed by atoms with Crippen LogP contribution in [0.15, 0.2) is 65.5 Å². The predicted octanol–water partition coefficient (Wildman–Crippen LogP) is 2.80. The zero-order chi connectivity index (χ0) is 21.2. The highest BCUT2D eigenvalue weighted by Gasteiger charge is 2.23. The van der Waals surface area contributed by atoms with E-state index in [0.29, 0.717) is 53.3 Å². The molecule has 5 rings (SSSR count). The number of carbonyl (C=O) groups excluding carboxylic acids is 1. The molecule has 0 saturated carbocycles. The number of ether oxygens (including phenoxy) is 2. The summed E-state index contributed by atoms with van der Waals surface area (Å²) in [5, 5.41) is 7.18. The monoisotopic (exact) mass is 417 g/mol. The Hall–Kier alpha value is -4.14. The van der Waals surface area contributed by atoms with Gasteiger partial charge in [0, 0.05) is 6.20 Å². The van der Waals surface area contributed by atoms with Crippen molar-refractivity contribution in [1.29, 1.82) is 0 Å². The number of nitrogens with zero attached hydrogens (tertiary/aromatic N) is 4. The van der Waals surface area contributed by atoms with Crippen molar-refractivity contribution >= 4 is 5.91 Å². The summed E-state index contributed by atoms with van der Waals surface area (Å²) in [6.07, 6.45) is 4.43. The van der Waals surface area contributed by atoms with Gasteiger partial charge in [-0.2, -0.15) is 5.10 Å². The van der Waals surface area contributed by atoms with Gasteiger partial charge in [-0.3, -0.25) is 4.79 Å². The molecule has 0 unspecified atom stereocenters. The van der Waals surface area contributed by atoms with E-state index in [-0.39, 0.29) is 12.0 Å². The highest BCUT2D eigenvalue weighted by molar-refractivity contribution is 5.95. The summed E-state index contributed by atoms with van der Waals surface area (Å²) >= 11 is 0. The van der Waals surface area contributed by atoms with Crippen LogP contribution in [-0.4, -0.2) is 44.9 Å². The van der Waals surface area contributed by atoms with E-state index in [1.807, 2.05) is 30.3 Å². The van der Waals surface area contributed by atoms with E-state index >= 15 is 0 Å². The minimum atomic E-state index is -0.275. The van der Waals surface area contributed by atoms with Gasteiger partial charge in [0.2, 0.25) is 0 Å². The van der Waals surface area contributed by atoms with Crippen molar-refractivity contribution in [2.24, 2.45) is 0 Å². The van der Waals surface area contributed by atoms with Gasteiger partial charge in [-0.05, 0) is 37.3 Å². The Morgan fingerprint density at radius 2 is 2.06 bits per heavy atom. The Bertz CT molecular complexity index is 1220. The van der Waals surface area contributed by atoms with Gasteiger partial charge in [0.15, 0.2) is 17.3 Å². The number of benzene rings is 1. The van der Waals surface area contributed by atoms with E-state index in [0.717, 1.165) is 0 Å². The third kappa shape index (κ3) is 3.73. The SMILES string of the molecule is Cc1c(C(=O)NC[C@@H]2COc3ccccc3O2)cnn1-c1nccc(-c2ccco2)n1.